The van der Waals surface area contributed by atoms with Crippen molar-refractivity contribution in [3.05, 3.63) is 28.2 Å². The number of nitrogens with zero attached hydrogens (tertiary/aromatic N) is 1. The number of thiazole rings is 1. The number of aromatic nitrogens is 1. The number of aryl methyl sites for hydroxylation is 1. The number of halogens is 1. The Labute approximate surface area is 108 Å². The number of benzene rings is 1. The summed E-state index contributed by atoms with van der Waals surface area (Å²) < 4.78 is 11.7. The van der Waals surface area contributed by atoms with Crippen molar-refractivity contribution in [2.75, 3.05) is 13.2 Å². The average molecular weight is 268 g/mol. The molecule has 2 heterocycles. The minimum atomic E-state index is 0.591. The second kappa shape index (κ2) is 4.20. The molecule has 0 saturated carbocycles. The van der Waals surface area contributed by atoms with Gasteiger partial charge in [0.25, 0.3) is 0 Å². The fraction of sp³-hybridized carbons (Fsp3) is 0.250. The molecular formula is C12H10ClNO2S. The molecule has 1 aliphatic heterocycles. The van der Waals surface area contributed by atoms with E-state index >= 15 is 0 Å². The lowest BCUT2D eigenvalue weighted by molar-refractivity contribution is 0.171. The Morgan fingerprint density at radius 1 is 1.24 bits per heavy atom. The predicted octanol–water partition coefficient (Wildman–Crippen LogP) is 3.54. The van der Waals surface area contributed by atoms with Crippen LogP contribution in [-0.2, 0) is 0 Å². The fourth-order valence-corrected chi connectivity index (χ4v) is 2.73. The first kappa shape index (κ1) is 10.9. The van der Waals surface area contributed by atoms with Gasteiger partial charge in [-0.2, -0.15) is 0 Å². The molecular weight excluding hydrogens is 258 g/mol. The molecule has 0 unspecified atom stereocenters. The summed E-state index contributed by atoms with van der Waals surface area (Å²) >= 11 is 7.50. The van der Waals surface area contributed by atoms with Crippen LogP contribution >= 0.6 is 22.9 Å². The van der Waals surface area contributed by atoms with Gasteiger partial charge in [-0.3, -0.25) is 0 Å². The highest BCUT2D eigenvalue weighted by atomic mass is 35.5. The van der Waals surface area contributed by atoms with Gasteiger partial charge in [0, 0.05) is 5.56 Å². The van der Waals surface area contributed by atoms with Gasteiger partial charge in [-0.25, -0.2) is 4.98 Å². The van der Waals surface area contributed by atoms with Crippen LogP contribution in [-0.4, -0.2) is 18.2 Å². The lowest BCUT2D eigenvalue weighted by atomic mass is 10.2. The van der Waals surface area contributed by atoms with Gasteiger partial charge in [0.05, 0.1) is 5.69 Å². The number of rotatable bonds is 1. The summed E-state index contributed by atoms with van der Waals surface area (Å²) in [5, 5.41) is 0.907. The molecule has 1 aliphatic rings. The number of hydrogen-bond acceptors (Lipinski definition) is 4. The van der Waals surface area contributed by atoms with Crippen molar-refractivity contribution in [3.8, 4) is 22.1 Å². The zero-order chi connectivity index (χ0) is 11.8. The molecule has 0 fully saturated rings. The van der Waals surface area contributed by atoms with E-state index < -0.39 is 0 Å². The molecule has 1 aromatic heterocycles. The maximum atomic E-state index is 6.02. The molecule has 0 bridgehead atoms. The minimum absolute atomic E-state index is 0.591. The normalized spacial score (nSPS) is 13.8. The minimum Gasteiger partial charge on any atom is -0.486 e. The van der Waals surface area contributed by atoms with Crippen molar-refractivity contribution in [1.29, 1.82) is 0 Å². The summed E-state index contributed by atoms with van der Waals surface area (Å²) in [6, 6.07) is 5.83. The summed E-state index contributed by atoms with van der Waals surface area (Å²) in [6.45, 7) is 3.10. The van der Waals surface area contributed by atoms with Crippen LogP contribution in [0.25, 0.3) is 10.6 Å². The highest BCUT2D eigenvalue weighted by Crippen LogP contribution is 2.37. The first-order chi connectivity index (χ1) is 8.24. The van der Waals surface area contributed by atoms with Gasteiger partial charge in [-0.05, 0) is 25.1 Å². The first-order valence-electron chi connectivity index (χ1n) is 5.27. The van der Waals surface area contributed by atoms with Gasteiger partial charge in [0.2, 0.25) is 0 Å². The second-order valence-corrected chi connectivity index (χ2v) is 5.34. The van der Waals surface area contributed by atoms with Crippen molar-refractivity contribution >= 4 is 22.9 Å². The van der Waals surface area contributed by atoms with Gasteiger partial charge in [-0.15, -0.1) is 11.3 Å². The zero-order valence-electron chi connectivity index (χ0n) is 9.20. The summed E-state index contributed by atoms with van der Waals surface area (Å²) in [4.78, 5) is 4.42. The standard InChI is InChI=1S/C12H10ClNO2S/c1-7-11(13)17-12(14-7)8-2-3-9-10(6-8)16-5-4-15-9/h2-3,6H,4-5H2,1H3. The van der Waals surface area contributed by atoms with E-state index in [1.54, 1.807) is 0 Å². The SMILES string of the molecule is Cc1nc(-c2ccc3c(c2)OCCO3)sc1Cl. The Kier molecular flexibility index (Phi) is 2.68. The molecule has 0 N–H and O–H groups in total. The molecule has 0 aliphatic carbocycles. The molecule has 0 atom stereocenters. The zero-order valence-corrected chi connectivity index (χ0v) is 10.8. The van der Waals surface area contributed by atoms with Crippen LogP contribution in [0.4, 0.5) is 0 Å². The molecule has 3 nitrogen and oxygen atoms in total. The predicted molar refractivity (Wildman–Crippen MR) is 68.3 cm³/mol. The van der Waals surface area contributed by atoms with Gasteiger partial charge in [-0.1, -0.05) is 11.6 Å². The average Bonchev–Trinajstić information content (AvgIpc) is 2.69. The second-order valence-electron chi connectivity index (χ2n) is 3.74. The van der Waals surface area contributed by atoms with E-state index in [1.807, 2.05) is 25.1 Å². The van der Waals surface area contributed by atoms with Crippen LogP contribution in [0.2, 0.25) is 4.34 Å². The van der Waals surface area contributed by atoms with E-state index in [9.17, 15) is 0 Å². The summed E-state index contributed by atoms with van der Waals surface area (Å²) in [7, 11) is 0. The third-order valence-electron chi connectivity index (χ3n) is 2.53. The Morgan fingerprint density at radius 3 is 2.71 bits per heavy atom. The monoisotopic (exact) mass is 267 g/mol. The van der Waals surface area contributed by atoms with Crippen molar-refractivity contribution < 1.29 is 9.47 Å². The van der Waals surface area contributed by atoms with Gasteiger partial charge >= 0.3 is 0 Å². The number of fused-ring (bicyclic) bond motifs is 1. The van der Waals surface area contributed by atoms with Crippen LogP contribution in [0.5, 0.6) is 11.5 Å². The van der Waals surface area contributed by atoms with E-state index in [4.69, 9.17) is 21.1 Å². The molecule has 5 heteroatoms. The molecule has 88 valence electrons. The summed E-state index contributed by atoms with van der Waals surface area (Å²) in [5.41, 5.74) is 1.87. The highest BCUT2D eigenvalue weighted by molar-refractivity contribution is 7.19. The van der Waals surface area contributed by atoms with Gasteiger partial charge < -0.3 is 9.47 Å². The quantitative estimate of drug-likeness (QED) is 0.792. The smallest absolute Gasteiger partial charge is 0.162 e. The summed E-state index contributed by atoms with van der Waals surface area (Å²) in [6.07, 6.45) is 0. The van der Waals surface area contributed by atoms with Crippen molar-refractivity contribution in [2.45, 2.75) is 6.92 Å². The van der Waals surface area contributed by atoms with Crippen LogP contribution in [0, 0.1) is 6.92 Å². The Morgan fingerprint density at radius 2 is 2.00 bits per heavy atom. The molecule has 0 amide bonds. The first-order valence-corrected chi connectivity index (χ1v) is 6.46. The van der Waals surface area contributed by atoms with Crippen LogP contribution in [0.3, 0.4) is 0 Å². The Bertz CT molecular complexity index is 548. The van der Waals surface area contributed by atoms with Crippen LogP contribution < -0.4 is 9.47 Å². The summed E-state index contributed by atoms with van der Waals surface area (Å²) in [5.74, 6) is 1.57. The van der Waals surface area contributed by atoms with E-state index in [1.165, 1.54) is 11.3 Å². The Balaban J connectivity index is 2.03. The fourth-order valence-electron chi connectivity index (χ4n) is 1.68. The largest absolute Gasteiger partial charge is 0.486 e. The van der Waals surface area contributed by atoms with Crippen molar-refractivity contribution in [2.24, 2.45) is 0 Å². The van der Waals surface area contributed by atoms with E-state index in [-0.39, 0.29) is 0 Å². The molecule has 0 spiro atoms. The number of hydrogen-bond donors (Lipinski definition) is 0. The molecule has 0 radical (unpaired) electrons. The molecule has 3 rings (SSSR count). The maximum absolute atomic E-state index is 6.02. The highest BCUT2D eigenvalue weighted by Gasteiger charge is 2.14. The van der Waals surface area contributed by atoms with Crippen molar-refractivity contribution in [3.63, 3.8) is 0 Å². The van der Waals surface area contributed by atoms with Crippen LogP contribution in [0.1, 0.15) is 5.69 Å². The molecule has 2 aromatic rings. The molecule has 17 heavy (non-hydrogen) atoms. The van der Waals surface area contributed by atoms with Gasteiger partial charge in [0.1, 0.15) is 22.6 Å². The van der Waals surface area contributed by atoms with Gasteiger partial charge in [0.15, 0.2) is 11.5 Å². The lowest BCUT2D eigenvalue weighted by Gasteiger charge is -2.18. The van der Waals surface area contributed by atoms with E-state index in [0.29, 0.717) is 13.2 Å². The lowest BCUT2D eigenvalue weighted by Crippen LogP contribution is -2.15. The third-order valence-corrected chi connectivity index (χ3v) is 4.03. The maximum Gasteiger partial charge on any atom is 0.162 e. The van der Waals surface area contributed by atoms with E-state index in [2.05, 4.69) is 4.98 Å². The number of ether oxygens (including phenoxy) is 2. The third kappa shape index (κ3) is 1.98. The Hall–Kier alpha value is -1.26. The molecule has 0 saturated heterocycles. The molecule has 1 aromatic carbocycles. The van der Waals surface area contributed by atoms with Crippen molar-refractivity contribution in [1.82, 2.24) is 4.98 Å². The topological polar surface area (TPSA) is 31.4 Å². The van der Waals surface area contributed by atoms with E-state index in [0.717, 1.165) is 32.1 Å². The van der Waals surface area contributed by atoms with Crippen LogP contribution in [0.15, 0.2) is 18.2 Å².